The Morgan fingerprint density at radius 1 is 0.600 bits per heavy atom. The van der Waals surface area contributed by atoms with Gasteiger partial charge in [-0.15, -0.1) is 4.95 Å². The molecule has 8 heteroatoms. The molecule has 7 rings (SSSR count). The number of nitriles is 1. The van der Waals surface area contributed by atoms with Crippen molar-refractivity contribution >= 4 is 43.1 Å². The maximum atomic E-state index is 13.4. The van der Waals surface area contributed by atoms with Crippen molar-refractivity contribution in [2.45, 2.75) is 0 Å². The first kappa shape index (κ1) is 23.3. The molecule has 0 aliphatic carbocycles. The van der Waals surface area contributed by atoms with E-state index in [-0.39, 0.29) is 0 Å². The van der Waals surface area contributed by atoms with Gasteiger partial charge in [-0.25, -0.2) is 9.97 Å². The summed E-state index contributed by atoms with van der Waals surface area (Å²) in [5.41, 5.74) is 3.13. The van der Waals surface area contributed by atoms with Gasteiger partial charge in [-0.1, -0.05) is 24.3 Å². The second-order valence-electron chi connectivity index (χ2n) is 9.31. The topological polar surface area (TPSA) is 78.6 Å². The molecule has 40 heavy (non-hydrogen) atoms. The van der Waals surface area contributed by atoms with Crippen LogP contribution in [0.15, 0.2) is 95.3 Å². The fraction of sp³-hybridized carbons (Fsp3) is 0. The quantitative estimate of drug-likeness (QED) is 0.110. The number of rotatable bonds is 2. The molecule has 0 aliphatic rings. The van der Waals surface area contributed by atoms with Crippen LogP contribution in [-0.4, -0.2) is 9.97 Å². The molecular weight excluding hydrogens is 506 g/mol. The molecule has 7 aromatic rings. The lowest BCUT2D eigenvalue weighted by Gasteiger charge is -2.02. The molecule has 0 bridgehead atoms. The van der Waals surface area contributed by atoms with Crippen molar-refractivity contribution in [3.8, 4) is 28.4 Å². The van der Waals surface area contributed by atoms with Gasteiger partial charge in [0.25, 0.3) is 0 Å². The summed E-state index contributed by atoms with van der Waals surface area (Å²) in [6.07, 6.45) is 4.87. The highest BCUT2D eigenvalue weighted by Crippen LogP contribution is 2.35. The van der Waals surface area contributed by atoms with E-state index in [2.05, 4.69) is 25.0 Å². The van der Waals surface area contributed by atoms with Gasteiger partial charge in [-0.2, -0.15) is 25.6 Å². The molecule has 0 saturated heterocycles. The fourth-order valence-corrected chi connectivity index (χ4v) is 5.46. The Morgan fingerprint density at radius 2 is 1.07 bits per heavy atom. The zero-order valence-corrected chi connectivity index (χ0v) is 20.5. The van der Waals surface area contributed by atoms with Gasteiger partial charge in [-0.05, 0) is 81.2 Å². The molecule has 0 N–H and O–H groups in total. The highest BCUT2D eigenvalue weighted by molar-refractivity contribution is 6.21. The lowest BCUT2D eigenvalue weighted by molar-refractivity contribution is 0.583. The number of nitrogens with zero attached hydrogens (tertiary/aromatic N) is 6. The average molecular weight is 521 g/mol. The molecule has 0 unspecified atom stereocenters. The van der Waals surface area contributed by atoms with Crippen molar-refractivity contribution in [2.24, 2.45) is 10.1 Å². The van der Waals surface area contributed by atoms with Gasteiger partial charge in [0.15, 0.2) is 5.36 Å². The van der Waals surface area contributed by atoms with Crippen molar-refractivity contribution in [1.82, 2.24) is 9.97 Å². The van der Waals surface area contributed by atoms with Crippen molar-refractivity contribution < 1.29 is 8.78 Å². The lowest BCUT2D eigenvalue weighted by atomic mass is 10.0. The fourth-order valence-electron chi connectivity index (χ4n) is 5.46. The van der Waals surface area contributed by atoms with E-state index in [0.717, 1.165) is 65.3 Å². The summed E-state index contributed by atoms with van der Waals surface area (Å²) in [5, 5.41) is 21.5. The van der Waals surface area contributed by atoms with Crippen molar-refractivity contribution in [1.29, 1.82) is 5.26 Å². The molecule has 6 nitrogen and oxygen atoms in total. The Morgan fingerprint density at radius 3 is 1.55 bits per heavy atom. The predicted molar refractivity (Wildman–Crippen MR) is 149 cm³/mol. The number of aromatic nitrogens is 2. The normalized spacial score (nSPS) is 12.5. The van der Waals surface area contributed by atoms with E-state index in [9.17, 15) is 14.0 Å². The Hall–Kier alpha value is -5.86. The van der Waals surface area contributed by atoms with E-state index in [4.69, 9.17) is 6.57 Å². The van der Waals surface area contributed by atoms with E-state index >= 15 is 0 Å². The first-order valence-electron chi connectivity index (χ1n) is 12.2. The minimum absolute atomic E-state index is 0.540. The van der Waals surface area contributed by atoms with Gasteiger partial charge in [0, 0.05) is 45.1 Å². The maximum absolute atomic E-state index is 13.4. The van der Waals surface area contributed by atoms with Crippen LogP contribution in [0.2, 0.25) is 0 Å². The van der Waals surface area contributed by atoms with Crippen molar-refractivity contribution in [3.05, 3.63) is 119 Å². The van der Waals surface area contributed by atoms with Crippen LogP contribution in [0.25, 0.3) is 70.3 Å². The SMILES string of the molecule is [C-]#[N+]/N=c1\c2cc(-c3ccc(F)nc3)ccc2c2cc3/c(=N/C#N)c4cc(-c5ccc(F)nc5)ccc4c3cc12. The molecule has 0 atom stereocenters. The number of hydrogen-bond donors (Lipinski definition) is 0. The van der Waals surface area contributed by atoms with E-state index in [1.807, 2.05) is 54.7 Å². The van der Waals surface area contributed by atoms with Crippen LogP contribution >= 0.6 is 0 Å². The van der Waals surface area contributed by atoms with E-state index in [0.29, 0.717) is 10.7 Å². The standard InChI is InChI=1S/C32H14F2N6/c1-36-40-32-26-11-18(20-5-9-30(34)38-15-20)3-7-22(26)24-12-27-23(13-28(24)32)21-6-2-17(10-25(21)31(27)39-16-35)19-4-8-29(33)37-14-19/h2-15H/b39-31+,40-32+. The lowest BCUT2D eigenvalue weighted by Crippen LogP contribution is -1.99. The first-order valence-corrected chi connectivity index (χ1v) is 12.2. The monoisotopic (exact) mass is 520 g/mol. The summed E-state index contributed by atoms with van der Waals surface area (Å²) in [4.78, 5) is 15.0. The number of hydrogen-bond acceptors (Lipinski definition) is 5. The zero-order chi connectivity index (χ0) is 27.4. The molecule has 5 aromatic carbocycles. The summed E-state index contributed by atoms with van der Waals surface area (Å²) < 4.78 is 26.8. The molecule has 186 valence electrons. The van der Waals surface area contributed by atoms with E-state index in [1.165, 1.54) is 24.5 Å². The van der Waals surface area contributed by atoms with Gasteiger partial charge < -0.3 is 0 Å². The number of pyridine rings is 2. The molecule has 0 radical (unpaired) electrons. The number of halogens is 2. The smallest absolute Gasteiger partial charge is 0.212 e. The Balaban J connectivity index is 1.54. The Labute approximate surface area is 225 Å². The Kier molecular flexibility index (Phi) is 5.16. The van der Waals surface area contributed by atoms with Crippen LogP contribution < -0.4 is 10.7 Å². The summed E-state index contributed by atoms with van der Waals surface area (Å²) >= 11 is 0. The van der Waals surface area contributed by atoms with Crippen LogP contribution in [-0.2, 0) is 0 Å². The molecule has 0 amide bonds. The minimum Gasteiger partial charge on any atom is -0.228 e. The minimum atomic E-state index is -0.558. The maximum Gasteiger partial charge on any atom is 0.212 e. The summed E-state index contributed by atoms with van der Waals surface area (Å²) in [6, 6.07) is 21.5. The van der Waals surface area contributed by atoms with Gasteiger partial charge in [-0.3, -0.25) is 0 Å². The van der Waals surface area contributed by atoms with Gasteiger partial charge >= 0.3 is 0 Å². The van der Waals surface area contributed by atoms with Gasteiger partial charge in [0.1, 0.15) is 0 Å². The average Bonchev–Trinajstić information content (AvgIpc) is 3.44. The molecule has 0 fully saturated rings. The molecule has 0 saturated carbocycles. The molecule has 0 spiro atoms. The van der Waals surface area contributed by atoms with Crippen molar-refractivity contribution in [2.75, 3.05) is 0 Å². The second kappa shape index (κ2) is 8.87. The third-order valence-electron chi connectivity index (χ3n) is 7.23. The van der Waals surface area contributed by atoms with Crippen LogP contribution in [0.4, 0.5) is 8.78 Å². The molecule has 0 aliphatic heterocycles. The summed E-state index contributed by atoms with van der Waals surface area (Å²) in [5.74, 6) is -1.11. The molecule has 2 heterocycles. The number of benzene rings is 3. The van der Waals surface area contributed by atoms with Crippen LogP contribution in [0.5, 0.6) is 0 Å². The zero-order valence-electron chi connectivity index (χ0n) is 20.5. The second-order valence-corrected chi connectivity index (χ2v) is 9.31. The summed E-state index contributed by atoms with van der Waals surface area (Å²) in [7, 11) is 0. The molecular formula is C32H14F2N6. The number of fused-ring (bicyclic) bond motifs is 6. The first-order chi connectivity index (χ1) is 19.6. The van der Waals surface area contributed by atoms with E-state index in [1.54, 1.807) is 12.1 Å². The largest absolute Gasteiger partial charge is 0.228 e. The predicted octanol–water partition coefficient (Wildman–Crippen LogP) is 6.69. The van der Waals surface area contributed by atoms with Crippen LogP contribution in [0, 0.1) is 29.9 Å². The Bertz CT molecular complexity index is 2180. The van der Waals surface area contributed by atoms with E-state index < -0.39 is 11.9 Å². The van der Waals surface area contributed by atoms with Gasteiger partial charge in [0.05, 0.1) is 10.5 Å². The van der Waals surface area contributed by atoms with Crippen molar-refractivity contribution in [3.63, 3.8) is 0 Å². The van der Waals surface area contributed by atoms with Gasteiger partial charge in [0.2, 0.25) is 18.1 Å². The van der Waals surface area contributed by atoms with Crippen LogP contribution in [0.1, 0.15) is 0 Å². The third kappa shape index (κ3) is 3.52. The summed E-state index contributed by atoms with van der Waals surface area (Å²) in [6.45, 7) is 7.47. The highest BCUT2D eigenvalue weighted by atomic mass is 19.1. The third-order valence-corrected chi connectivity index (χ3v) is 7.23. The van der Waals surface area contributed by atoms with Crippen LogP contribution in [0.3, 0.4) is 0 Å². The highest BCUT2D eigenvalue weighted by Gasteiger charge is 2.17. The molecule has 2 aromatic heterocycles.